The standard InChI is InChI=1S/C15H25NO2/c17-14-9-3-7-12(14)13-8-4-10-16(13)15(18)11-5-1-2-6-11/h11-14,17H,1-10H2. The summed E-state index contributed by atoms with van der Waals surface area (Å²) in [6.45, 7) is 0.934. The average molecular weight is 251 g/mol. The van der Waals surface area contributed by atoms with Crippen LogP contribution in [-0.2, 0) is 4.79 Å². The van der Waals surface area contributed by atoms with E-state index in [1.807, 2.05) is 0 Å². The second-order valence-electron chi connectivity index (χ2n) is 6.38. The lowest BCUT2D eigenvalue weighted by atomic mass is 9.93. The summed E-state index contributed by atoms with van der Waals surface area (Å²) < 4.78 is 0. The number of likely N-dealkylation sites (tertiary alicyclic amines) is 1. The van der Waals surface area contributed by atoms with Crippen molar-refractivity contribution < 1.29 is 9.90 Å². The van der Waals surface area contributed by atoms with Crippen molar-refractivity contribution in [3.8, 4) is 0 Å². The lowest BCUT2D eigenvalue weighted by Crippen LogP contribution is -2.44. The third-order valence-electron chi connectivity index (χ3n) is 5.31. The van der Waals surface area contributed by atoms with Crippen molar-refractivity contribution in [1.82, 2.24) is 4.90 Å². The Morgan fingerprint density at radius 1 is 0.944 bits per heavy atom. The van der Waals surface area contributed by atoms with Crippen LogP contribution in [-0.4, -0.2) is 34.6 Å². The third kappa shape index (κ3) is 2.18. The number of nitrogens with zero attached hydrogens (tertiary/aromatic N) is 1. The molecule has 0 spiro atoms. The molecule has 3 nitrogen and oxygen atoms in total. The van der Waals surface area contributed by atoms with Gasteiger partial charge < -0.3 is 10.0 Å². The Labute approximate surface area is 110 Å². The van der Waals surface area contributed by atoms with Gasteiger partial charge in [-0.2, -0.15) is 0 Å². The molecule has 3 atom stereocenters. The number of amides is 1. The molecule has 3 fully saturated rings. The Morgan fingerprint density at radius 2 is 1.72 bits per heavy atom. The largest absolute Gasteiger partial charge is 0.393 e. The molecule has 1 N–H and O–H groups in total. The Morgan fingerprint density at radius 3 is 2.39 bits per heavy atom. The minimum atomic E-state index is -0.160. The molecule has 1 aliphatic heterocycles. The Hall–Kier alpha value is -0.570. The summed E-state index contributed by atoms with van der Waals surface area (Å²) in [7, 11) is 0. The number of rotatable bonds is 2. The third-order valence-corrected chi connectivity index (χ3v) is 5.31. The van der Waals surface area contributed by atoms with Gasteiger partial charge >= 0.3 is 0 Å². The molecule has 3 unspecified atom stereocenters. The minimum absolute atomic E-state index is 0.160. The summed E-state index contributed by atoms with van der Waals surface area (Å²) in [5.74, 6) is 1.05. The van der Waals surface area contributed by atoms with Gasteiger partial charge in [0.25, 0.3) is 0 Å². The van der Waals surface area contributed by atoms with Gasteiger partial charge in [-0.1, -0.05) is 19.3 Å². The van der Waals surface area contributed by atoms with Gasteiger partial charge in [-0.25, -0.2) is 0 Å². The molecule has 2 saturated carbocycles. The second-order valence-corrected chi connectivity index (χ2v) is 6.38. The average Bonchev–Trinajstić information content (AvgIpc) is 3.09. The Kier molecular flexibility index (Phi) is 3.60. The van der Waals surface area contributed by atoms with Crippen molar-refractivity contribution in [3.63, 3.8) is 0 Å². The molecule has 3 rings (SSSR count). The van der Waals surface area contributed by atoms with Crippen LogP contribution < -0.4 is 0 Å². The van der Waals surface area contributed by atoms with E-state index in [4.69, 9.17) is 0 Å². The van der Waals surface area contributed by atoms with Crippen LogP contribution in [0.15, 0.2) is 0 Å². The zero-order valence-corrected chi connectivity index (χ0v) is 11.2. The normalized spacial score (nSPS) is 37.6. The zero-order chi connectivity index (χ0) is 12.5. The highest BCUT2D eigenvalue weighted by Gasteiger charge is 2.41. The van der Waals surface area contributed by atoms with Gasteiger partial charge in [-0.3, -0.25) is 4.79 Å². The molecule has 0 aromatic heterocycles. The van der Waals surface area contributed by atoms with Crippen LogP contribution in [0.5, 0.6) is 0 Å². The number of carbonyl (C=O) groups excluding carboxylic acids is 1. The molecule has 3 heteroatoms. The van der Waals surface area contributed by atoms with Crippen molar-refractivity contribution in [2.45, 2.75) is 69.9 Å². The molecule has 1 amide bonds. The number of aliphatic hydroxyl groups excluding tert-OH is 1. The van der Waals surface area contributed by atoms with Crippen molar-refractivity contribution >= 4 is 5.91 Å². The van der Waals surface area contributed by atoms with Gasteiger partial charge in [0, 0.05) is 24.4 Å². The van der Waals surface area contributed by atoms with E-state index in [1.54, 1.807) is 0 Å². The van der Waals surface area contributed by atoms with E-state index in [0.29, 0.717) is 23.8 Å². The highest BCUT2D eigenvalue weighted by Crippen LogP contribution is 2.37. The number of carbonyl (C=O) groups is 1. The molecular formula is C15H25NO2. The first-order valence-electron chi connectivity index (χ1n) is 7.76. The van der Waals surface area contributed by atoms with Gasteiger partial charge in [-0.05, 0) is 38.5 Å². The smallest absolute Gasteiger partial charge is 0.225 e. The van der Waals surface area contributed by atoms with E-state index in [2.05, 4.69) is 4.90 Å². The Balaban J connectivity index is 1.68. The molecule has 1 saturated heterocycles. The number of hydrogen-bond donors (Lipinski definition) is 1. The summed E-state index contributed by atoms with van der Waals surface area (Å²) in [5.41, 5.74) is 0. The maximum atomic E-state index is 12.6. The summed E-state index contributed by atoms with van der Waals surface area (Å²) in [5, 5.41) is 10.1. The van der Waals surface area contributed by atoms with E-state index >= 15 is 0 Å². The Bertz CT molecular complexity index is 312. The highest BCUT2D eigenvalue weighted by molar-refractivity contribution is 5.79. The molecule has 3 aliphatic rings. The topological polar surface area (TPSA) is 40.5 Å². The quantitative estimate of drug-likeness (QED) is 0.818. The molecule has 0 bridgehead atoms. The van der Waals surface area contributed by atoms with Crippen molar-refractivity contribution in [2.24, 2.45) is 11.8 Å². The maximum absolute atomic E-state index is 12.6. The molecule has 0 aromatic rings. The summed E-state index contributed by atoms with van der Waals surface area (Å²) in [6, 6.07) is 0.343. The first-order chi connectivity index (χ1) is 8.77. The maximum Gasteiger partial charge on any atom is 0.225 e. The van der Waals surface area contributed by atoms with E-state index in [0.717, 1.165) is 51.5 Å². The summed E-state index contributed by atoms with van der Waals surface area (Å²) in [4.78, 5) is 14.7. The molecular weight excluding hydrogens is 226 g/mol. The van der Waals surface area contributed by atoms with Gasteiger partial charge in [0.15, 0.2) is 0 Å². The summed E-state index contributed by atoms with van der Waals surface area (Å²) in [6.07, 6.45) is 9.90. The lowest BCUT2D eigenvalue weighted by Gasteiger charge is -2.33. The van der Waals surface area contributed by atoms with Crippen LogP contribution in [0.25, 0.3) is 0 Å². The predicted octanol–water partition coefficient (Wildman–Crippen LogP) is 2.33. The van der Waals surface area contributed by atoms with E-state index in [-0.39, 0.29) is 6.10 Å². The lowest BCUT2D eigenvalue weighted by molar-refractivity contribution is -0.137. The first-order valence-corrected chi connectivity index (χ1v) is 7.76. The van der Waals surface area contributed by atoms with E-state index in [1.165, 1.54) is 12.8 Å². The fraction of sp³-hybridized carbons (Fsp3) is 0.933. The van der Waals surface area contributed by atoms with Crippen molar-refractivity contribution in [3.05, 3.63) is 0 Å². The van der Waals surface area contributed by atoms with Gasteiger partial charge in [0.1, 0.15) is 0 Å². The zero-order valence-electron chi connectivity index (χ0n) is 11.2. The molecule has 102 valence electrons. The van der Waals surface area contributed by atoms with Crippen LogP contribution in [0.1, 0.15) is 57.8 Å². The van der Waals surface area contributed by atoms with Gasteiger partial charge in [0.05, 0.1) is 6.10 Å². The van der Waals surface area contributed by atoms with Crippen LogP contribution >= 0.6 is 0 Å². The van der Waals surface area contributed by atoms with Gasteiger partial charge in [-0.15, -0.1) is 0 Å². The molecule has 0 aromatic carbocycles. The molecule has 1 heterocycles. The number of hydrogen-bond acceptors (Lipinski definition) is 2. The monoisotopic (exact) mass is 251 g/mol. The summed E-state index contributed by atoms with van der Waals surface area (Å²) >= 11 is 0. The van der Waals surface area contributed by atoms with Crippen LogP contribution in [0.3, 0.4) is 0 Å². The SMILES string of the molecule is O=C(C1CCCC1)N1CCCC1C1CCCC1O. The van der Waals surface area contributed by atoms with Crippen molar-refractivity contribution in [2.75, 3.05) is 6.54 Å². The molecule has 18 heavy (non-hydrogen) atoms. The predicted molar refractivity (Wildman–Crippen MR) is 70.0 cm³/mol. The van der Waals surface area contributed by atoms with Crippen molar-refractivity contribution in [1.29, 1.82) is 0 Å². The highest BCUT2D eigenvalue weighted by atomic mass is 16.3. The van der Waals surface area contributed by atoms with Crippen LogP contribution in [0.2, 0.25) is 0 Å². The fourth-order valence-electron chi connectivity index (χ4n) is 4.34. The van der Waals surface area contributed by atoms with E-state index < -0.39 is 0 Å². The first kappa shape index (κ1) is 12.5. The molecule has 0 radical (unpaired) electrons. The van der Waals surface area contributed by atoms with Gasteiger partial charge in [0.2, 0.25) is 5.91 Å². The van der Waals surface area contributed by atoms with Crippen LogP contribution in [0, 0.1) is 11.8 Å². The second kappa shape index (κ2) is 5.20. The number of aliphatic hydroxyl groups is 1. The van der Waals surface area contributed by atoms with Crippen LogP contribution in [0.4, 0.5) is 0 Å². The fourth-order valence-corrected chi connectivity index (χ4v) is 4.34. The minimum Gasteiger partial charge on any atom is -0.393 e. The molecule has 2 aliphatic carbocycles. The van der Waals surface area contributed by atoms with E-state index in [9.17, 15) is 9.90 Å².